The van der Waals surface area contributed by atoms with Crippen LogP contribution >= 0.6 is 0 Å². The molecule has 5 heteroatoms. The van der Waals surface area contributed by atoms with Gasteiger partial charge >= 0.3 is 0 Å². The molecule has 0 aliphatic heterocycles. The first-order chi connectivity index (χ1) is 11.7. The van der Waals surface area contributed by atoms with E-state index in [0.717, 1.165) is 24.0 Å². The molecular weight excluding hydrogens is 300 g/mol. The lowest BCUT2D eigenvalue weighted by molar-refractivity contribution is 0.102. The highest BCUT2D eigenvalue weighted by atomic mass is 16.1. The van der Waals surface area contributed by atoms with Crippen molar-refractivity contribution in [3.05, 3.63) is 48.4 Å². The average Bonchev–Trinajstić information content (AvgIpc) is 2.63. The number of aromatic nitrogens is 2. The van der Waals surface area contributed by atoms with Crippen LogP contribution in [0.3, 0.4) is 0 Å². The fourth-order valence-corrected chi connectivity index (χ4v) is 3.25. The highest BCUT2D eigenvalue weighted by Gasteiger charge is 2.17. The largest absolute Gasteiger partial charge is 0.359 e. The van der Waals surface area contributed by atoms with E-state index in [2.05, 4.69) is 20.2 Å². The number of anilines is 2. The van der Waals surface area contributed by atoms with E-state index in [-0.39, 0.29) is 5.91 Å². The van der Waals surface area contributed by atoms with E-state index >= 15 is 0 Å². The maximum Gasteiger partial charge on any atom is 0.274 e. The summed E-state index contributed by atoms with van der Waals surface area (Å²) in [4.78, 5) is 22.9. The van der Waals surface area contributed by atoms with Gasteiger partial charge in [0.1, 0.15) is 17.8 Å². The van der Waals surface area contributed by atoms with Crippen molar-refractivity contribution in [2.45, 2.75) is 32.1 Å². The zero-order valence-electron chi connectivity index (χ0n) is 14.1. The van der Waals surface area contributed by atoms with Gasteiger partial charge in [-0.3, -0.25) is 4.79 Å². The smallest absolute Gasteiger partial charge is 0.274 e. The van der Waals surface area contributed by atoms with Gasteiger partial charge in [0.2, 0.25) is 0 Å². The molecule has 24 heavy (non-hydrogen) atoms. The van der Waals surface area contributed by atoms with Crippen LogP contribution in [0.1, 0.15) is 42.6 Å². The van der Waals surface area contributed by atoms with Crippen LogP contribution in [-0.2, 0) is 0 Å². The predicted octanol–water partition coefficient (Wildman–Crippen LogP) is 3.75. The molecule has 1 aromatic heterocycles. The molecule has 0 radical (unpaired) electrons. The third-order valence-electron chi connectivity index (χ3n) is 4.56. The van der Waals surface area contributed by atoms with Crippen LogP contribution in [0.15, 0.2) is 42.7 Å². The van der Waals surface area contributed by atoms with E-state index in [1.54, 1.807) is 6.07 Å². The Labute approximate surface area is 143 Å². The van der Waals surface area contributed by atoms with E-state index in [4.69, 9.17) is 0 Å². The third-order valence-corrected chi connectivity index (χ3v) is 4.56. The lowest BCUT2D eigenvalue weighted by atomic mass is 9.89. The van der Waals surface area contributed by atoms with Gasteiger partial charge in [-0.15, -0.1) is 0 Å². The Balaban J connectivity index is 1.65. The minimum Gasteiger partial charge on any atom is -0.359 e. The first-order valence-electron chi connectivity index (χ1n) is 8.62. The predicted molar refractivity (Wildman–Crippen MR) is 96.3 cm³/mol. The molecule has 1 N–H and O–H groups in total. The van der Waals surface area contributed by atoms with Gasteiger partial charge in [0.25, 0.3) is 5.91 Å². The molecule has 1 saturated carbocycles. The van der Waals surface area contributed by atoms with Gasteiger partial charge in [-0.1, -0.05) is 37.5 Å². The van der Waals surface area contributed by atoms with Gasteiger partial charge in [-0.05, 0) is 30.9 Å². The van der Waals surface area contributed by atoms with Crippen molar-refractivity contribution >= 4 is 17.4 Å². The molecule has 1 heterocycles. The number of benzene rings is 1. The van der Waals surface area contributed by atoms with Crippen molar-refractivity contribution in [2.24, 2.45) is 5.92 Å². The second kappa shape index (κ2) is 7.90. The summed E-state index contributed by atoms with van der Waals surface area (Å²) < 4.78 is 0. The summed E-state index contributed by atoms with van der Waals surface area (Å²) in [6, 6.07) is 11.2. The lowest BCUT2D eigenvalue weighted by Crippen LogP contribution is -2.28. The first-order valence-corrected chi connectivity index (χ1v) is 8.62. The second-order valence-electron chi connectivity index (χ2n) is 6.47. The number of rotatable bonds is 5. The summed E-state index contributed by atoms with van der Waals surface area (Å²) in [5, 5.41) is 2.86. The van der Waals surface area contributed by atoms with Gasteiger partial charge in [0.05, 0.1) is 0 Å². The summed E-state index contributed by atoms with van der Waals surface area (Å²) in [7, 11) is 2.04. The number of carbonyl (C=O) groups is 1. The van der Waals surface area contributed by atoms with E-state index < -0.39 is 0 Å². The Hall–Kier alpha value is -2.43. The number of nitrogens with zero attached hydrogens (tertiary/aromatic N) is 3. The van der Waals surface area contributed by atoms with Gasteiger partial charge < -0.3 is 10.2 Å². The van der Waals surface area contributed by atoms with Gasteiger partial charge in [-0.25, -0.2) is 9.97 Å². The number of nitrogens with one attached hydrogen (secondary N) is 1. The molecule has 1 aliphatic rings. The van der Waals surface area contributed by atoms with Gasteiger partial charge in [0.15, 0.2) is 0 Å². The molecule has 0 bridgehead atoms. The summed E-state index contributed by atoms with van der Waals surface area (Å²) in [5.41, 5.74) is 1.15. The van der Waals surface area contributed by atoms with Crippen LogP contribution in [0.4, 0.5) is 11.5 Å². The molecule has 0 atom stereocenters. The van der Waals surface area contributed by atoms with Crippen LogP contribution in [0.5, 0.6) is 0 Å². The van der Waals surface area contributed by atoms with Crippen molar-refractivity contribution in [2.75, 3.05) is 23.8 Å². The number of hydrogen-bond donors (Lipinski definition) is 1. The van der Waals surface area contributed by atoms with E-state index in [0.29, 0.717) is 5.69 Å². The molecule has 126 valence electrons. The van der Waals surface area contributed by atoms with Gasteiger partial charge in [0, 0.05) is 25.3 Å². The number of carbonyl (C=O) groups excluding carboxylic acids is 1. The molecule has 5 nitrogen and oxygen atoms in total. The summed E-state index contributed by atoms with van der Waals surface area (Å²) in [6.45, 7) is 0.983. The van der Waals surface area contributed by atoms with Crippen LogP contribution in [0.25, 0.3) is 0 Å². The molecule has 1 aromatic carbocycles. The SMILES string of the molecule is CN(CC1CCCCC1)c1cc(C(=O)Nc2ccccc2)ncn1. The van der Waals surface area contributed by atoms with Crippen molar-refractivity contribution < 1.29 is 4.79 Å². The molecule has 1 aliphatic carbocycles. The molecule has 1 fully saturated rings. The number of hydrogen-bond acceptors (Lipinski definition) is 4. The highest BCUT2D eigenvalue weighted by molar-refractivity contribution is 6.03. The van der Waals surface area contributed by atoms with Crippen molar-refractivity contribution in [1.82, 2.24) is 9.97 Å². The fourth-order valence-electron chi connectivity index (χ4n) is 3.25. The van der Waals surface area contributed by atoms with Crippen molar-refractivity contribution in [3.63, 3.8) is 0 Å². The van der Waals surface area contributed by atoms with Crippen molar-refractivity contribution in [1.29, 1.82) is 0 Å². The zero-order chi connectivity index (χ0) is 16.8. The standard InChI is InChI=1S/C19H24N4O/c1-23(13-15-8-4-2-5-9-15)18-12-17(20-14-21-18)19(24)22-16-10-6-3-7-11-16/h3,6-7,10-12,14-15H,2,4-5,8-9,13H2,1H3,(H,22,24). The first kappa shape index (κ1) is 16.4. The highest BCUT2D eigenvalue weighted by Crippen LogP contribution is 2.25. The Bertz CT molecular complexity index is 668. The van der Waals surface area contributed by atoms with Gasteiger partial charge in [-0.2, -0.15) is 0 Å². The van der Waals surface area contributed by atoms with Crippen LogP contribution < -0.4 is 10.2 Å². The third kappa shape index (κ3) is 4.31. The molecule has 0 spiro atoms. The summed E-state index contributed by atoms with van der Waals surface area (Å²) in [5.74, 6) is 1.31. The second-order valence-corrected chi connectivity index (χ2v) is 6.47. The lowest BCUT2D eigenvalue weighted by Gasteiger charge is -2.27. The maximum atomic E-state index is 12.4. The summed E-state index contributed by atoms with van der Waals surface area (Å²) in [6.07, 6.45) is 8.05. The summed E-state index contributed by atoms with van der Waals surface area (Å²) >= 11 is 0. The monoisotopic (exact) mass is 324 g/mol. The molecule has 3 rings (SSSR count). The number of amides is 1. The molecule has 1 amide bonds. The fraction of sp³-hybridized carbons (Fsp3) is 0.421. The Morgan fingerprint density at radius 1 is 1.17 bits per heavy atom. The van der Waals surface area contributed by atoms with Crippen LogP contribution in [-0.4, -0.2) is 29.5 Å². The topological polar surface area (TPSA) is 58.1 Å². The maximum absolute atomic E-state index is 12.4. The minimum absolute atomic E-state index is 0.212. The van der Waals surface area contributed by atoms with Crippen molar-refractivity contribution in [3.8, 4) is 0 Å². The Kier molecular flexibility index (Phi) is 5.41. The quantitative estimate of drug-likeness (QED) is 0.910. The van der Waals surface area contributed by atoms with E-state index in [1.807, 2.05) is 37.4 Å². The number of para-hydroxylation sites is 1. The van der Waals surface area contributed by atoms with E-state index in [1.165, 1.54) is 38.4 Å². The molecule has 0 saturated heterocycles. The Morgan fingerprint density at radius 2 is 1.92 bits per heavy atom. The molecular formula is C19H24N4O. The van der Waals surface area contributed by atoms with Crippen LogP contribution in [0.2, 0.25) is 0 Å². The molecule has 0 unspecified atom stereocenters. The normalized spacial score (nSPS) is 15.0. The molecule has 2 aromatic rings. The van der Waals surface area contributed by atoms with Crippen LogP contribution in [0, 0.1) is 5.92 Å². The zero-order valence-corrected chi connectivity index (χ0v) is 14.1. The Morgan fingerprint density at radius 3 is 2.67 bits per heavy atom. The average molecular weight is 324 g/mol. The minimum atomic E-state index is -0.212. The van der Waals surface area contributed by atoms with E-state index in [9.17, 15) is 4.79 Å².